The molecule has 1 heterocycles. The van der Waals surface area contributed by atoms with Crippen molar-refractivity contribution < 1.29 is 22.4 Å². The zero-order valence-corrected chi connectivity index (χ0v) is 15.9. The van der Waals surface area contributed by atoms with Crippen molar-refractivity contribution in [3.8, 4) is 0 Å². The number of aromatic nitrogens is 1. The average Bonchev–Trinajstić information content (AvgIpc) is 3.15. The van der Waals surface area contributed by atoms with Gasteiger partial charge in [0.05, 0.1) is 18.6 Å². The fourth-order valence-corrected chi connectivity index (χ4v) is 4.52. The van der Waals surface area contributed by atoms with Crippen LogP contribution in [0.15, 0.2) is 58.0 Å². The number of carbonyl (C=O) groups excluding carboxylic acids is 1. The highest BCUT2D eigenvalue weighted by molar-refractivity contribution is 7.89. The van der Waals surface area contributed by atoms with Crippen LogP contribution in [-0.4, -0.2) is 37.3 Å². The lowest BCUT2D eigenvalue weighted by molar-refractivity contribution is 0.0594. The summed E-state index contributed by atoms with van der Waals surface area (Å²) in [7, 11) is -2.55. The number of ether oxygens (including phenoxy) is 1. The van der Waals surface area contributed by atoms with E-state index >= 15 is 0 Å². The maximum Gasteiger partial charge on any atom is 0.360 e. The first kappa shape index (κ1) is 19.1. The van der Waals surface area contributed by atoms with E-state index in [4.69, 9.17) is 4.42 Å². The summed E-state index contributed by atoms with van der Waals surface area (Å²) in [5.74, 6) is -0.503. The van der Waals surface area contributed by atoms with E-state index in [1.807, 2.05) is 31.2 Å². The van der Waals surface area contributed by atoms with Crippen LogP contribution in [0.1, 0.15) is 29.7 Å². The van der Waals surface area contributed by atoms with Gasteiger partial charge in [0.2, 0.25) is 15.9 Å². The lowest BCUT2D eigenvalue weighted by Gasteiger charge is -2.21. The van der Waals surface area contributed by atoms with Gasteiger partial charge in [-0.3, -0.25) is 0 Å². The molecular formula is C19H20N2O5S. The number of nitrogens with zero attached hydrogens (tertiary/aromatic N) is 2. The highest BCUT2D eigenvalue weighted by Gasteiger charge is 2.27. The summed E-state index contributed by atoms with van der Waals surface area (Å²) in [6.45, 7) is 2.11. The molecule has 0 amide bonds. The van der Waals surface area contributed by atoms with Crippen molar-refractivity contribution in [2.24, 2.45) is 0 Å². The Morgan fingerprint density at radius 2 is 1.93 bits per heavy atom. The fourth-order valence-electron chi connectivity index (χ4n) is 2.83. The van der Waals surface area contributed by atoms with Gasteiger partial charge < -0.3 is 9.15 Å². The summed E-state index contributed by atoms with van der Waals surface area (Å²) in [5.41, 5.74) is 0.00603. The first-order valence-electron chi connectivity index (χ1n) is 8.48. The van der Waals surface area contributed by atoms with Crippen LogP contribution in [0.2, 0.25) is 0 Å². The van der Waals surface area contributed by atoms with Gasteiger partial charge in [-0.15, -0.1) is 0 Å². The lowest BCUT2D eigenvalue weighted by atomic mass is 10.1. The van der Waals surface area contributed by atoms with Gasteiger partial charge in [0.25, 0.3) is 0 Å². The largest absolute Gasteiger partial charge is 0.464 e. The number of esters is 1. The van der Waals surface area contributed by atoms with Crippen molar-refractivity contribution in [1.82, 2.24) is 9.29 Å². The molecule has 0 N–H and O–H groups in total. The predicted octanol–water partition coefficient (Wildman–Crippen LogP) is 3.22. The predicted molar refractivity (Wildman–Crippen MR) is 99.7 cm³/mol. The molecule has 0 radical (unpaired) electrons. The second kappa shape index (κ2) is 7.89. The molecule has 8 heteroatoms. The van der Waals surface area contributed by atoms with Gasteiger partial charge in [0.15, 0.2) is 5.69 Å². The minimum atomic E-state index is -3.79. The number of methoxy groups -OCH3 is 1. The monoisotopic (exact) mass is 388 g/mol. The lowest BCUT2D eigenvalue weighted by Crippen LogP contribution is -2.31. The van der Waals surface area contributed by atoms with Crippen molar-refractivity contribution in [2.75, 3.05) is 13.7 Å². The summed E-state index contributed by atoms with van der Waals surface area (Å²) in [6.07, 6.45) is 1.78. The van der Waals surface area contributed by atoms with Crippen molar-refractivity contribution in [1.29, 1.82) is 0 Å². The van der Waals surface area contributed by atoms with Crippen LogP contribution in [0.25, 0.3) is 10.8 Å². The third-order valence-corrected chi connectivity index (χ3v) is 6.00. The molecule has 3 rings (SSSR count). The number of benzene rings is 2. The maximum atomic E-state index is 13.3. The Hall–Kier alpha value is -2.71. The second-order valence-corrected chi connectivity index (χ2v) is 7.84. The minimum absolute atomic E-state index is 0.00603. The normalized spacial score (nSPS) is 11.8. The molecule has 2 aromatic carbocycles. The van der Waals surface area contributed by atoms with Crippen LogP contribution < -0.4 is 0 Å². The molecule has 27 heavy (non-hydrogen) atoms. The molecule has 1 aromatic heterocycles. The van der Waals surface area contributed by atoms with E-state index in [0.717, 1.165) is 11.6 Å². The number of fused-ring (bicyclic) bond motifs is 1. The van der Waals surface area contributed by atoms with Crippen LogP contribution in [0, 0.1) is 0 Å². The Morgan fingerprint density at radius 1 is 1.19 bits per heavy atom. The van der Waals surface area contributed by atoms with Crippen molar-refractivity contribution in [3.05, 3.63) is 60.3 Å². The van der Waals surface area contributed by atoms with Crippen molar-refractivity contribution >= 4 is 26.8 Å². The molecule has 0 spiro atoms. The van der Waals surface area contributed by atoms with E-state index < -0.39 is 16.0 Å². The summed E-state index contributed by atoms with van der Waals surface area (Å²) >= 11 is 0. The van der Waals surface area contributed by atoms with Crippen LogP contribution in [0.4, 0.5) is 0 Å². The van der Waals surface area contributed by atoms with Gasteiger partial charge in [-0.05, 0) is 17.9 Å². The van der Waals surface area contributed by atoms with Crippen LogP contribution in [0.5, 0.6) is 0 Å². The Bertz CT molecular complexity index is 1050. The van der Waals surface area contributed by atoms with Crippen molar-refractivity contribution in [3.63, 3.8) is 0 Å². The SMILES string of the molecule is CCCN(Cc1nc(C(=O)OC)co1)S(=O)(=O)c1cccc2ccccc12. The number of sulfonamides is 1. The standard InChI is InChI=1S/C19H20N2O5S/c1-3-11-21(12-18-20-16(13-26-18)19(22)25-2)27(23,24)17-10-6-8-14-7-4-5-9-15(14)17/h4-10,13H,3,11-12H2,1-2H3. The quantitative estimate of drug-likeness (QED) is 0.577. The number of hydrogen-bond acceptors (Lipinski definition) is 6. The summed E-state index contributed by atoms with van der Waals surface area (Å²) in [6, 6.07) is 12.5. The first-order valence-corrected chi connectivity index (χ1v) is 9.92. The molecule has 0 fully saturated rings. The zero-order chi connectivity index (χ0) is 19.4. The molecule has 0 aliphatic rings. The van der Waals surface area contributed by atoms with E-state index in [1.165, 1.54) is 11.4 Å². The van der Waals surface area contributed by atoms with E-state index in [-0.39, 0.29) is 23.0 Å². The molecule has 7 nitrogen and oxygen atoms in total. The maximum absolute atomic E-state index is 13.3. The molecular weight excluding hydrogens is 368 g/mol. The summed E-state index contributed by atoms with van der Waals surface area (Å²) < 4.78 is 37.8. The first-order chi connectivity index (χ1) is 13.0. The zero-order valence-electron chi connectivity index (χ0n) is 15.1. The van der Waals surface area contributed by atoms with E-state index in [1.54, 1.807) is 18.2 Å². The molecule has 0 aliphatic heterocycles. The molecule has 0 unspecified atom stereocenters. The molecule has 142 valence electrons. The average molecular weight is 388 g/mol. The topological polar surface area (TPSA) is 89.7 Å². The highest BCUT2D eigenvalue weighted by Crippen LogP contribution is 2.26. The second-order valence-electron chi connectivity index (χ2n) is 5.93. The Morgan fingerprint density at radius 3 is 2.67 bits per heavy atom. The number of rotatable bonds is 7. The van der Waals surface area contributed by atoms with Gasteiger partial charge in [-0.25, -0.2) is 18.2 Å². The Kier molecular flexibility index (Phi) is 5.57. The van der Waals surface area contributed by atoms with Crippen LogP contribution in [-0.2, 0) is 21.3 Å². The number of hydrogen-bond donors (Lipinski definition) is 0. The molecule has 0 bridgehead atoms. The van der Waals surface area contributed by atoms with Gasteiger partial charge in [0.1, 0.15) is 6.26 Å². The Labute approximate surface area is 157 Å². The fraction of sp³-hybridized carbons (Fsp3) is 0.263. The minimum Gasteiger partial charge on any atom is -0.464 e. The smallest absolute Gasteiger partial charge is 0.360 e. The van der Waals surface area contributed by atoms with Gasteiger partial charge in [0, 0.05) is 11.9 Å². The van der Waals surface area contributed by atoms with Crippen molar-refractivity contribution in [2.45, 2.75) is 24.8 Å². The van der Waals surface area contributed by atoms with E-state index in [9.17, 15) is 13.2 Å². The van der Waals surface area contributed by atoms with E-state index in [0.29, 0.717) is 18.4 Å². The molecule has 0 saturated carbocycles. The number of carbonyl (C=O) groups is 1. The number of oxazole rings is 1. The third-order valence-electron chi connectivity index (χ3n) is 4.10. The van der Waals surface area contributed by atoms with Gasteiger partial charge in [-0.2, -0.15) is 4.31 Å². The van der Waals surface area contributed by atoms with Crippen LogP contribution in [0.3, 0.4) is 0 Å². The molecule has 0 aliphatic carbocycles. The highest BCUT2D eigenvalue weighted by atomic mass is 32.2. The third kappa shape index (κ3) is 3.86. The van der Waals surface area contributed by atoms with Gasteiger partial charge in [-0.1, -0.05) is 43.3 Å². The molecule has 0 saturated heterocycles. The summed E-state index contributed by atoms with van der Waals surface area (Å²) in [4.78, 5) is 15.8. The van der Waals surface area contributed by atoms with Crippen LogP contribution >= 0.6 is 0 Å². The molecule has 3 aromatic rings. The van der Waals surface area contributed by atoms with E-state index in [2.05, 4.69) is 9.72 Å². The van der Waals surface area contributed by atoms with Gasteiger partial charge >= 0.3 is 5.97 Å². The molecule has 0 atom stereocenters. The summed E-state index contributed by atoms with van der Waals surface area (Å²) in [5, 5.41) is 1.50. The Balaban J connectivity index is 1.98.